The highest BCUT2D eigenvalue weighted by atomic mass is 15.6. The maximum absolute atomic E-state index is 2.27. The summed E-state index contributed by atoms with van der Waals surface area (Å²) in [5.41, 5.74) is 4.00. The first kappa shape index (κ1) is 12.8. The van der Waals surface area contributed by atoms with Gasteiger partial charge in [-0.3, -0.25) is 5.01 Å². The number of hydrazine groups is 1. The highest BCUT2D eigenvalue weighted by Crippen LogP contribution is 2.29. The van der Waals surface area contributed by atoms with Gasteiger partial charge in [-0.15, -0.1) is 0 Å². The third-order valence-corrected chi connectivity index (χ3v) is 2.57. The summed E-state index contributed by atoms with van der Waals surface area (Å²) >= 11 is 0. The number of benzene rings is 1. The van der Waals surface area contributed by atoms with Gasteiger partial charge < -0.3 is 0 Å². The molecule has 0 bridgehead atoms. The zero-order valence-electron chi connectivity index (χ0n) is 11.0. The van der Waals surface area contributed by atoms with Crippen LogP contribution in [0.15, 0.2) is 36.0 Å². The number of rotatable bonds is 1. The summed E-state index contributed by atoms with van der Waals surface area (Å²) in [7, 11) is 4.14. The second-order valence-corrected chi connectivity index (χ2v) is 3.84. The van der Waals surface area contributed by atoms with Gasteiger partial charge in [0.15, 0.2) is 0 Å². The normalized spacial score (nSPS) is 13.9. The molecule has 0 saturated carbocycles. The van der Waals surface area contributed by atoms with Crippen LogP contribution in [0, 0.1) is 0 Å². The standard InChI is InChI=1S/C12H16N2.C2H6/c1-10-8-9-11-6-4-5-7-12(11)14(10)13(2)3;1-2/h4-8H,9H2,1-3H3;1-2H3. The van der Waals surface area contributed by atoms with E-state index in [2.05, 4.69) is 61.4 Å². The van der Waals surface area contributed by atoms with Gasteiger partial charge in [0.05, 0.1) is 5.69 Å². The molecule has 0 N–H and O–H groups in total. The van der Waals surface area contributed by atoms with Crippen molar-refractivity contribution in [1.82, 2.24) is 5.01 Å². The number of hydrogen-bond donors (Lipinski definition) is 0. The highest BCUT2D eigenvalue weighted by Gasteiger charge is 2.17. The van der Waals surface area contributed by atoms with Crippen LogP contribution >= 0.6 is 0 Å². The van der Waals surface area contributed by atoms with Gasteiger partial charge >= 0.3 is 0 Å². The maximum Gasteiger partial charge on any atom is 0.0611 e. The van der Waals surface area contributed by atoms with Crippen molar-refractivity contribution in [2.75, 3.05) is 19.1 Å². The molecule has 0 atom stereocenters. The van der Waals surface area contributed by atoms with E-state index in [1.54, 1.807) is 0 Å². The van der Waals surface area contributed by atoms with Crippen molar-refractivity contribution < 1.29 is 0 Å². The van der Waals surface area contributed by atoms with Crippen molar-refractivity contribution in [3.63, 3.8) is 0 Å². The predicted molar refractivity (Wildman–Crippen MR) is 71.4 cm³/mol. The lowest BCUT2D eigenvalue weighted by Gasteiger charge is -2.35. The Bertz CT molecular complexity index is 367. The molecule has 2 heteroatoms. The van der Waals surface area contributed by atoms with Crippen LogP contribution in [0.4, 0.5) is 5.69 Å². The van der Waals surface area contributed by atoms with Crippen molar-refractivity contribution in [3.8, 4) is 0 Å². The molecule has 1 heterocycles. The second kappa shape index (κ2) is 5.71. The summed E-state index contributed by atoms with van der Waals surface area (Å²) in [6.07, 6.45) is 3.31. The quantitative estimate of drug-likeness (QED) is 0.712. The van der Waals surface area contributed by atoms with Crippen molar-refractivity contribution in [2.24, 2.45) is 0 Å². The Labute approximate surface area is 99.2 Å². The fraction of sp³-hybridized carbons (Fsp3) is 0.429. The molecule has 1 aromatic carbocycles. The molecule has 88 valence electrons. The zero-order valence-corrected chi connectivity index (χ0v) is 11.0. The van der Waals surface area contributed by atoms with Crippen molar-refractivity contribution in [2.45, 2.75) is 27.2 Å². The summed E-state index contributed by atoms with van der Waals surface area (Å²) in [4.78, 5) is 0. The van der Waals surface area contributed by atoms with Crippen LogP contribution in [-0.4, -0.2) is 19.1 Å². The summed E-state index contributed by atoms with van der Waals surface area (Å²) in [6.45, 7) is 6.15. The average Bonchev–Trinajstić information content (AvgIpc) is 2.31. The number of hydrogen-bond acceptors (Lipinski definition) is 2. The van der Waals surface area contributed by atoms with Crippen LogP contribution in [-0.2, 0) is 6.42 Å². The lowest BCUT2D eigenvalue weighted by Crippen LogP contribution is -2.37. The smallest absolute Gasteiger partial charge is 0.0611 e. The van der Waals surface area contributed by atoms with Gasteiger partial charge in [-0.25, -0.2) is 5.01 Å². The fourth-order valence-electron chi connectivity index (χ4n) is 1.96. The van der Waals surface area contributed by atoms with E-state index in [1.807, 2.05) is 13.8 Å². The molecular weight excluding hydrogens is 196 g/mol. The first-order valence-corrected chi connectivity index (χ1v) is 5.92. The van der Waals surface area contributed by atoms with Gasteiger partial charge in [0, 0.05) is 19.8 Å². The number of fused-ring (bicyclic) bond motifs is 1. The third kappa shape index (κ3) is 2.45. The Morgan fingerprint density at radius 2 is 1.75 bits per heavy atom. The molecule has 2 nitrogen and oxygen atoms in total. The second-order valence-electron chi connectivity index (χ2n) is 3.84. The van der Waals surface area contributed by atoms with Crippen molar-refractivity contribution in [3.05, 3.63) is 41.6 Å². The number of para-hydroxylation sites is 1. The lowest BCUT2D eigenvalue weighted by atomic mass is 10.0. The first-order valence-electron chi connectivity index (χ1n) is 5.92. The predicted octanol–water partition coefficient (Wildman–Crippen LogP) is 3.46. The van der Waals surface area contributed by atoms with E-state index >= 15 is 0 Å². The van der Waals surface area contributed by atoms with Crippen LogP contribution in [0.2, 0.25) is 0 Å². The topological polar surface area (TPSA) is 6.48 Å². The fourth-order valence-corrected chi connectivity index (χ4v) is 1.96. The van der Waals surface area contributed by atoms with E-state index in [0.29, 0.717) is 0 Å². The van der Waals surface area contributed by atoms with Gasteiger partial charge in [-0.05, 0) is 25.0 Å². The molecule has 2 rings (SSSR count). The molecule has 1 aromatic rings. The van der Waals surface area contributed by atoms with Crippen LogP contribution in [0.1, 0.15) is 26.3 Å². The monoisotopic (exact) mass is 218 g/mol. The molecule has 0 aliphatic carbocycles. The first-order chi connectivity index (χ1) is 7.70. The van der Waals surface area contributed by atoms with E-state index in [-0.39, 0.29) is 0 Å². The minimum Gasteiger partial charge on any atom is -0.279 e. The molecule has 0 fully saturated rings. The molecule has 16 heavy (non-hydrogen) atoms. The van der Waals surface area contributed by atoms with E-state index in [4.69, 9.17) is 0 Å². The highest BCUT2D eigenvalue weighted by molar-refractivity contribution is 5.59. The number of anilines is 1. The Kier molecular flexibility index (Phi) is 4.56. The minimum absolute atomic E-state index is 1.05. The SMILES string of the molecule is CC.CC1=CCc2ccccc2N1N(C)C. The molecule has 0 unspecified atom stereocenters. The molecule has 0 spiro atoms. The molecular formula is C14H22N2. The molecule has 0 radical (unpaired) electrons. The summed E-state index contributed by atoms with van der Waals surface area (Å²) in [5.74, 6) is 0. The van der Waals surface area contributed by atoms with Crippen LogP contribution < -0.4 is 5.01 Å². The number of nitrogens with zero attached hydrogens (tertiary/aromatic N) is 2. The molecule has 1 aliphatic rings. The Balaban J connectivity index is 0.000000606. The van der Waals surface area contributed by atoms with Crippen LogP contribution in [0.25, 0.3) is 0 Å². The largest absolute Gasteiger partial charge is 0.279 e. The van der Waals surface area contributed by atoms with Crippen LogP contribution in [0.3, 0.4) is 0 Å². The molecule has 0 amide bonds. The Morgan fingerprint density at radius 3 is 2.38 bits per heavy atom. The Morgan fingerprint density at radius 1 is 1.12 bits per heavy atom. The van der Waals surface area contributed by atoms with E-state index in [1.165, 1.54) is 16.9 Å². The summed E-state index contributed by atoms with van der Waals surface area (Å²) in [6, 6.07) is 8.55. The van der Waals surface area contributed by atoms with Crippen molar-refractivity contribution in [1.29, 1.82) is 0 Å². The van der Waals surface area contributed by atoms with Gasteiger partial charge in [0.2, 0.25) is 0 Å². The van der Waals surface area contributed by atoms with Crippen LogP contribution in [0.5, 0.6) is 0 Å². The van der Waals surface area contributed by atoms with Gasteiger partial charge in [0.1, 0.15) is 0 Å². The van der Waals surface area contributed by atoms with Gasteiger partial charge in [-0.1, -0.05) is 38.1 Å². The zero-order chi connectivity index (χ0) is 12.1. The summed E-state index contributed by atoms with van der Waals surface area (Å²) < 4.78 is 0. The number of allylic oxidation sites excluding steroid dienone is 2. The Hall–Kier alpha value is -1.28. The van der Waals surface area contributed by atoms with E-state index in [0.717, 1.165) is 6.42 Å². The maximum atomic E-state index is 2.27. The molecule has 1 aliphatic heterocycles. The van der Waals surface area contributed by atoms with E-state index in [9.17, 15) is 0 Å². The third-order valence-electron chi connectivity index (χ3n) is 2.57. The van der Waals surface area contributed by atoms with Gasteiger partial charge in [-0.2, -0.15) is 0 Å². The van der Waals surface area contributed by atoms with E-state index < -0.39 is 0 Å². The molecule has 0 aromatic heterocycles. The van der Waals surface area contributed by atoms with Crippen molar-refractivity contribution >= 4 is 5.69 Å². The average molecular weight is 218 g/mol. The lowest BCUT2D eigenvalue weighted by molar-refractivity contribution is 0.397. The summed E-state index contributed by atoms with van der Waals surface area (Å²) in [5, 5.41) is 4.35. The minimum atomic E-state index is 1.05. The van der Waals surface area contributed by atoms with Gasteiger partial charge in [0.25, 0.3) is 0 Å². The molecule has 0 saturated heterocycles.